The number of hydrogen-bond acceptors (Lipinski definition) is 12. The first-order chi connectivity index (χ1) is 27.9. The van der Waals surface area contributed by atoms with Gasteiger partial charge in [0.05, 0.1) is 9.79 Å². The molecule has 0 saturated carbocycles. The number of nitrogens with one attached hydrogen (secondary N) is 2. The van der Waals surface area contributed by atoms with Crippen LogP contribution in [0, 0.1) is 0 Å². The molecule has 60 heavy (non-hydrogen) atoms. The minimum Gasteiger partial charge on any atom is -0.480 e. The predicted molar refractivity (Wildman–Crippen MR) is 234 cm³/mol. The molecular formula is C40H50Br2N4O12S2. The number of benzene rings is 4. The summed E-state index contributed by atoms with van der Waals surface area (Å²) in [5.74, 6) is -3.87. The first kappa shape index (κ1) is 53.5. The summed E-state index contributed by atoms with van der Waals surface area (Å²) >= 11 is 6.64. The molecule has 20 heteroatoms. The summed E-state index contributed by atoms with van der Waals surface area (Å²) in [4.78, 5) is 42.9. The van der Waals surface area contributed by atoms with Gasteiger partial charge in [0.1, 0.15) is 24.2 Å². The third kappa shape index (κ3) is 21.1. The largest absolute Gasteiger partial charge is 0.480 e. The van der Waals surface area contributed by atoms with Crippen molar-refractivity contribution in [3.05, 3.63) is 128 Å². The summed E-state index contributed by atoms with van der Waals surface area (Å²) in [5.41, 5.74) is 13.9. The van der Waals surface area contributed by atoms with Gasteiger partial charge in [-0.2, -0.15) is 0 Å². The van der Waals surface area contributed by atoms with Crippen LogP contribution >= 0.6 is 31.9 Å². The van der Waals surface area contributed by atoms with Crippen molar-refractivity contribution in [2.45, 2.75) is 59.6 Å². The Kier molecular flexibility index (Phi) is 23.1. The topological polar surface area (TPSA) is 294 Å². The Morgan fingerprint density at radius 3 is 1.07 bits per heavy atom. The standard InChI is InChI=1S/C11H15NO4S.C10H12BrNO2.C10H13NO4S.C9H10BrNO2/c1-12-10(11(13)14)7-8-4-3-5-9(6-8)17(2,15)16;1-12-9(10(13)14)6-7-3-2-4-8(11)5-7;1-16(14,15)8-4-2-3-7(5-8)6-9(11)10(12)13;10-7-3-1-2-6(4-7)5-8(11)9(12)13/h3-6,10,12H,7H2,1-2H3,(H,13,14);2-5,9,12H,6H2,1H3,(H,13,14);2-5,9H,6,11H2,1H3,(H,12,13);1-4,8H,5,11H2,(H,12,13)/t10-;2*9-;8-/m0000/s1. The van der Waals surface area contributed by atoms with Crippen LogP contribution in [0.5, 0.6) is 0 Å². The van der Waals surface area contributed by atoms with Gasteiger partial charge in [-0.3, -0.25) is 19.2 Å². The fourth-order valence-corrected chi connectivity index (χ4v) is 7.19. The molecule has 0 aliphatic heterocycles. The summed E-state index contributed by atoms with van der Waals surface area (Å²) in [7, 11) is -3.32. The lowest BCUT2D eigenvalue weighted by atomic mass is 10.1. The van der Waals surface area contributed by atoms with E-state index in [0.29, 0.717) is 24.0 Å². The summed E-state index contributed by atoms with van der Waals surface area (Å²) in [5, 5.41) is 40.3. The molecule has 0 amide bonds. The van der Waals surface area contributed by atoms with E-state index in [1.54, 1.807) is 38.4 Å². The number of halogens is 2. The third-order valence-electron chi connectivity index (χ3n) is 8.15. The Morgan fingerprint density at radius 1 is 0.517 bits per heavy atom. The van der Waals surface area contributed by atoms with Gasteiger partial charge in [0.2, 0.25) is 0 Å². The van der Waals surface area contributed by atoms with Crippen LogP contribution in [0.3, 0.4) is 0 Å². The van der Waals surface area contributed by atoms with Crippen molar-refractivity contribution >= 4 is 75.4 Å². The predicted octanol–water partition coefficient (Wildman–Crippen LogP) is 3.42. The zero-order valence-electron chi connectivity index (χ0n) is 33.2. The number of carbonyl (C=O) groups is 4. The van der Waals surface area contributed by atoms with Crippen molar-refractivity contribution in [3.8, 4) is 0 Å². The van der Waals surface area contributed by atoms with Crippen molar-refractivity contribution < 1.29 is 56.4 Å². The molecule has 0 spiro atoms. The highest BCUT2D eigenvalue weighted by Crippen LogP contribution is 2.16. The van der Waals surface area contributed by atoms with Gasteiger partial charge in [0.15, 0.2) is 19.7 Å². The molecule has 0 saturated heterocycles. The van der Waals surface area contributed by atoms with E-state index >= 15 is 0 Å². The Labute approximate surface area is 366 Å². The van der Waals surface area contributed by atoms with Gasteiger partial charge in [-0.25, -0.2) is 16.8 Å². The van der Waals surface area contributed by atoms with Crippen molar-refractivity contribution in [1.82, 2.24) is 10.6 Å². The number of hydrogen-bond donors (Lipinski definition) is 8. The van der Waals surface area contributed by atoms with E-state index in [2.05, 4.69) is 42.5 Å². The first-order valence-electron chi connectivity index (χ1n) is 17.7. The highest BCUT2D eigenvalue weighted by molar-refractivity contribution is 9.10. The van der Waals surface area contributed by atoms with Gasteiger partial charge in [-0.1, -0.05) is 80.4 Å². The molecule has 4 rings (SSSR count). The molecule has 4 atom stereocenters. The summed E-state index contributed by atoms with van der Waals surface area (Å²) < 4.78 is 47.1. The fraction of sp³-hybridized carbons (Fsp3) is 0.300. The van der Waals surface area contributed by atoms with E-state index in [0.717, 1.165) is 32.6 Å². The van der Waals surface area contributed by atoms with Crippen molar-refractivity contribution in [1.29, 1.82) is 0 Å². The Bertz CT molecular complexity index is 2280. The van der Waals surface area contributed by atoms with E-state index in [4.69, 9.17) is 31.9 Å². The minimum atomic E-state index is -3.27. The van der Waals surface area contributed by atoms with Gasteiger partial charge in [0, 0.05) is 21.5 Å². The maximum absolute atomic E-state index is 11.3. The summed E-state index contributed by atoms with van der Waals surface area (Å²) in [6.45, 7) is 0. The van der Waals surface area contributed by atoms with Gasteiger partial charge < -0.3 is 42.5 Å². The van der Waals surface area contributed by atoms with E-state index in [-0.39, 0.29) is 22.6 Å². The SMILES string of the molecule is CN[C@@H](Cc1cccc(Br)c1)C(=O)O.CN[C@@H](Cc1cccc(S(C)(=O)=O)c1)C(=O)O.CS(=O)(=O)c1cccc(C[C@H](N)C(=O)O)c1.N[C@@H](Cc1cccc(Br)c1)C(=O)O. The number of aliphatic carboxylic acids is 4. The lowest BCUT2D eigenvalue weighted by Crippen LogP contribution is -2.35. The second-order valence-electron chi connectivity index (χ2n) is 13.2. The quantitative estimate of drug-likeness (QED) is 0.0798. The van der Waals surface area contributed by atoms with Crippen LogP contribution in [0.25, 0.3) is 0 Å². The van der Waals surface area contributed by atoms with Crippen LogP contribution < -0.4 is 22.1 Å². The molecule has 0 aliphatic rings. The molecular weight excluding hydrogens is 952 g/mol. The maximum Gasteiger partial charge on any atom is 0.321 e. The Balaban J connectivity index is 0.000000402. The third-order valence-corrected chi connectivity index (χ3v) is 11.4. The van der Waals surface area contributed by atoms with E-state index in [1.807, 2.05) is 48.5 Å². The lowest BCUT2D eigenvalue weighted by Gasteiger charge is -2.11. The zero-order valence-corrected chi connectivity index (χ0v) is 38.0. The maximum atomic E-state index is 11.3. The number of carboxylic acids is 4. The summed E-state index contributed by atoms with van der Waals surface area (Å²) in [6.07, 6.45) is 3.43. The minimum absolute atomic E-state index is 0.110. The van der Waals surface area contributed by atoms with Crippen LogP contribution in [0.15, 0.2) is 116 Å². The number of nitrogens with two attached hydrogens (primary N) is 2. The number of likely N-dealkylation sites (N-methyl/N-ethyl adjacent to an activating group) is 2. The second-order valence-corrected chi connectivity index (χ2v) is 19.0. The molecule has 0 heterocycles. The van der Waals surface area contributed by atoms with Crippen LogP contribution in [0.2, 0.25) is 0 Å². The van der Waals surface area contributed by atoms with E-state index in [1.165, 1.54) is 24.3 Å². The van der Waals surface area contributed by atoms with Crippen molar-refractivity contribution in [2.75, 3.05) is 26.6 Å². The molecule has 0 aliphatic carbocycles. The molecule has 0 fully saturated rings. The lowest BCUT2D eigenvalue weighted by molar-refractivity contribution is -0.140. The van der Waals surface area contributed by atoms with Crippen LogP contribution in [0.1, 0.15) is 22.3 Å². The first-order valence-corrected chi connectivity index (χ1v) is 23.1. The number of carboxylic acid groups (broad SMARTS) is 4. The zero-order chi connectivity index (χ0) is 45.8. The van der Waals surface area contributed by atoms with E-state index < -0.39 is 67.7 Å². The van der Waals surface area contributed by atoms with Gasteiger partial charge in [0.25, 0.3) is 0 Å². The average molecular weight is 1000 g/mol. The molecule has 0 bridgehead atoms. The molecule has 16 nitrogen and oxygen atoms in total. The van der Waals surface area contributed by atoms with Gasteiger partial charge in [-0.05, 0) is 111 Å². The molecule has 10 N–H and O–H groups in total. The molecule has 0 aromatic heterocycles. The Hall–Kier alpha value is -4.54. The highest BCUT2D eigenvalue weighted by atomic mass is 79.9. The highest BCUT2D eigenvalue weighted by Gasteiger charge is 2.18. The van der Waals surface area contributed by atoms with Gasteiger partial charge in [-0.15, -0.1) is 0 Å². The summed E-state index contributed by atoms with van der Waals surface area (Å²) in [6, 6.07) is 24.5. The normalized spacial score (nSPS) is 12.9. The van der Waals surface area contributed by atoms with Crippen LogP contribution in [-0.4, -0.2) is 112 Å². The Morgan fingerprint density at radius 2 is 0.800 bits per heavy atom. The van der Waals surface area contributed by atoms with Crippen LogP contribution in [0.4, 0.5) is 0 Å². The molecule has 0 radical (unpaired) electrons. The molecule has 0 unspecified atom stereocenters. The number of sulfone groups is 2. The fourth-order valence-electron chi connectivity index (χ4n) is 4.91. The molecule has 4 aromatic rings. The molecule has 4 aromatic carbocycles. The van der Waals surface area contributed by atoms with Crippen molar-refractivity contribution in [2.24, 2.45) is 11.5 Å². The van der Waals surface area contributed by atoms with Gasteiger partial charge >= 0.3 is 23.9 Å². The van der Waals surface area contributed by atoms with E-state index in [9.17, 15) is 36.0 Å². The molecule has 328 valence electrons. The average Bonchev–Trinajstić information content (AvgIpc) is 3.16. The van der Waals surface area contributed by atoms with Crippen molar-refractivity contribution in [3.63, 3.8) is 0 Å². The number of rotatable bonds is 16. The second kappa shape index (κ2) is 25.9. The van der Waals surface area contributed by atoms with Crippen LogP contribution in [-0.2, 0) is 64.5 Å². The monoisotopic (exact) mass is 1000 g/mol. The smallest absolute Gasteiger partial charge is 0.321 e.